The molecule has 6 heteroatoms. The minimum absolute atomic E-state index is 0.00365. The first kappa shape index (κ1) is 20.1. The van der Waals surface area contributed by atoms with Gasteiger partial charge in [-0.05, 0) is 36.1 Å². The summed E-state index contributed by atoms with van der Waals surface area (Å²) in [7, 11) is 0. The zero-order chi connectivity index (χ0) is 19.9. The molecule has 1 N–H and O–H groups in total. The number of hydrogen-bond acceptors (Lipinski definition) is 5. The Morgan fingerprint density at radius 2 is 2.07 bits per heavy atom. The lowest BCUT2D eigenvalue weighted by Gasteiger charge is -2.29. The number of carbonyl (C=O) groups excluding carboxylic acids is 1. The highest BCUT2D eigenvalue weighted by Gasteiger charge is 2.16. The number of pyridine rings is 1. The van der Waals surface area contributed by atoms with E-state index in [1.54, 1.807) is 6.20 Å². The van der Waals surface area contributed by atoms with E-state index in [1.165, 1.54) is 0 Å². The van der Waals surface area contributed by atoms with Gasteiger partial charge in [-0.3, -0.25) is 4.79 Å². The summed E-state index contributed by atoms with van der Waals surface area (Å²) in [5.74, 6) is 1.88. The van der Waals surface area contributed by atoms with Gasteiger partial charge in [0.05, 0.1) is 13.2 Å². The average Bonchev–Trinajstić information content (AvgIpc) is 2.71. The van der Waals surface area contributed by atoms with Gasteiger partial charge >= 0.3 is 0 Å². The second-order valence-corrected chi connectivity index (χ2v) is 7.35. The van der Waals surface area contributed by atoms with Gasteiger partial charge < -0.3 is 19.7 Å². The number of aryl methyl sites for hydroxylation is 1. The standard InChI is InChI=1S/C22H29N3O3/c1-16(2)19-7-6-17(3)13-20(19)28-15-21(26)24-14-18-5-4-8-23-22(18)25-9-11-27-12-10-25/h4-8,13,16H,9-12,14-15H2,1-3H3,(H,24,26). The molecule has 1 aliphatic rings. The molecule has 6 nitrogen and oxygen atoms in total. The van der Waals surface area contributed by atoms with Crippen LogP contribution in [0, 0.1) is 6.92 Å². The summed E-state index contributed by atoms with van der Waals surface area (Å²) in [6.07, 6.45) is 1.78. The molecule has 3 rings (SSSR count). The molecule has 2 aromatic rings. The minimum atomic E-state index is -0.145. The first-order valence-corrected chi connectivity index (χ1v) is 9.81. The Kier molecular flexibility index (Phi) is 6.87. The van der Waals surface area contributed by atoms with Crippen LogP contribution in [0.4, 0.5) is 5.82 Å². The monoisotopic (exact) mass is 383 g/mol. The van der Waals surface area contributed by atoms with E-state index in [0.717, 1.165) is 41.3 Å². The fraction of sp³-hybridized carbons (Fsp3) is 0.455. The van der Waals surface area contributed by atoms with Gasteiger partial charge in [-0.1, -0.05) is 32.0 Å². The second kappa shape index (κ2) is 9.55. The topological polar surface area (TPSA) is 63.7 Å². The largest absolute Gasteiger partial charge is 0.483 e. The fourth-order valence-corrected chi connectivity index (χ4v) is 3.26. The van der Waals surface area contributed by atoms with Gasteiger partial charge in [0.2, 0.25) is 0 Å². The van der Waals surface area contributed by atoms with Crippen LogP contribution in [0.1, 0.15) is 36.5 Å². The molecule has 0 spiro atoms. The van der Waals surface area contributed by atoms with Crippen LogP contribution in [0.15, 0.2) is 36.5 Å². The molecule has 0 saturated carbocycles. The summed E-state index contributed by atoms with van der Waals surface area (Å²) in [5, 5.41) is 2.95. The summed E-state index contributed by atoms with van der Waals surface area (Å²) in [4.78, 5) is 19.1. The molecule has 1 saturated heterocycles. The second-order valence-electron chi connectivity index (χ2n) is 7.35. The molecule has 0 unspecified atom stereocenters. The lowest BCUT2D eigenvalue weighted by molar-refractivity contribution is -0.123. The number of rotatable bonds is 7. The SMILES string of the molecule is Cc1ccc(C(C)C)c(OCC(=O)NCc2cccnc2N2CCOCC2)c1. The number of benzene rings is 1. The minimum Gasteiger partial charge on any atom is -0.483 e. The number of carbonyl (C=O) groups is 1. The highest BCUT2D eigenvalue weighted by Crippen LogP contribution is 2.27. The Morgan fingerprint density at radius 3 is 2.82 bits per heavy atom. The van der Waals surface area contributed by atoms with E-state index in [9.17, 15) is 4.79 Å². The van der Waals surface area contributed by atoms with Gasteiger partial charge in [0.15, 0.2) is 6.61 Å². The van der Waals surface area contributed by atoms with E-state index in [4.69, 9.17) is 9.47 Å². The third-order valence-corrected chi connectivity index (χ3v) is 4.80. The molecule has 1 fully saturated rings. The summed E-state index contributed by atoms with van der Waals surface area (Å²) < 4.78 is 11.2. The predicted molar refractivity (Wildman–Crippen MR) is 110 cm³/mol. The Labute approximate surface area is 166 Å². The van der Waals surface area contributed by atoms with Crippen LogP contribution in [0.25, 0.3) is 0 Å². The smallest absolute Gasteiger partial charge is 0.258 e. The maximum absolute atomic E-state index is 12.4. The van der Waals surface area contributed by atoms with Crippen molar-refractivity contribution in [3.8, 4) is 5.75 Å². The van der Waals surface area contributed by atoms with Crippen LogP contribution >= 0.6 is 0 Å². The summed E-state index contributed by atoms with van der Waals surface area (Å²) in [6.45, 7) is 9.70. The van der Waals surface area contributed by atoms with Crippen LogP contribution in [0.3, 0.4) is 0 Å². The lowest BCUT2D eigenvalue weighted by Crippen LogP contribution is -2.38. The van der Waals surface area contributed by atoms with Gasteiger partial charge in [-0.25, -0.2) is 4.98 Å². The molecule has 0 aliphatic carbocycles. The molecule has 2 heterocycles. The van der Waals surface area contributed by atoms with E-state index in [2.05, 4.69) is 41.2 Å². The molecule has 1 aromatic carbocycles. The number of anilines is 1. The summed E-state index contributed by atoms with van der Waals surface area (Å²) >= 11 is 0. The number of aromatic nitrogens is 1. The van der Waals surface area contributed by atoms with Crippen molar-refractivity contribution in [3.05, 3.63) is 53.2 Å². The van der Waals surface area contributed by atoms with Crippen LogP contribution in [-0.2, 0) is 16.1 Å². The highest BCUT2D eigenvalue weighted by molar-refractivity contribution is 5.77. The Morgan fingerprint density at radius 1 is 1.29 bits per heavy atom. The van der Waals surface area contributed by atoms with E-state index >= 15 is 0 Å². The van der Waals surface area contributed by atoms with Crippen molar-refractivity contribution in [1.29, 1.82) is 0 Å². The molecular formula is C22H29N3O3. The molecule has 0 bridgehead atoms. The van der Waals surface area contributed by atoms with E-state index in [-0.39, 0.29) is 12.5 Å². The van der Waals surface area contributed by atoms with Crippen molar-refractivity contribution in [2.75, 3.05) is 37.8 Å². The van der Waals surface area contributed by atoms with Crippen molar-refractivity contribution in [2.24, 2.45) is 0 Å². The third-order valence-electron chi connectivity index (χ3n) is 4.80. The number of amides is 1. The molecule has 150 valence electrons. The van der Waals surface area contributed by atoms with E-state index < -0.39 is 0 Å². The first-order valence-electron chi connectivity index (χ1n) is 9.81. The number of nitrogens with zero attached hydrogens (tertiary/aromatic N) is 2. The Hall–Kier alpha value is -2.60. The molecule has 1 aromatic heterocycles. The number of ether oxygens (including phenoxy) is 2. The lowest BCUT2D eigenvalue weighted by atomic mass is 10.0. The molecule has 1 aliphatic heterocycles. The highest BCUT2D eigenvalue weighted by atomic mass is 16.5. The zero-order valence-electron chi connectivity index (χ0n) is 16.9. The third kappa shape index (κ3) is 5.23. The van der Waals surface area contributed by atoms with E-state index in [0.29, 0.717) is 25.7 Å². The molecule has 0 radical (unpaired) electrons. The van der Waals surface area contributed by atoms with Crippen molar-refractivity contribution < 1.29 is 14.3 Å². The van der Waals surface area contributed by atoms with Crippen molar-refractivity contribution >= 4 is 11.7 Å². The van der Waals surface area contributed by atoms with Crippen molar-refractivity contribution in [2.45, 2.75) is 33.2 Å². The fourth-order valence-electron chi connectivity index (χ4n) is 3.26. The van der Waals surface area contributed by atoms with Crippen molar-refractivity contribution in [1.82, 2.24) is 10.3 Å². The predicted octanol–water partition coefficient (Wildman–Crippen LogP) is 3.05. The number of morpholine rings is 1. The molecule has 28 heavy (non-hydrogen) atoms. The average molecular weight is 383 g/mol. The van der Waals surface area contributed by atoms with Gasteiger partial charge in [0.25, 0.3) is 5.91 Å². The Bertz CT molecular complexity index is 801. The quantitative estimate of drug-likeness (QED) is 0.796. The number of hydrogen-bond donors (Lipinski definition) is 1. The molecule has 1 amide bonds. The first-order chi connectivity index (χ1) is 13.5. The van der Waals surface area contributed by atoms with Crippen molar-refractivity contribution in [3.63, 3.8) is 0 Å². The van der Waals surface area contributed by atoms with Gasteiger partial charge in [0, 0.05) is 31.4 Å². The maximum Gasteiger partial charge on any atom is 0.258 e. The Balaban J connectivity index is 1.58. The number of nitrogens with one attached hydrogen (secondary N) is 1. The van der Waals surface area contributed by atoms with Crippen LogP contribution in [0.2, 0.25) is 0 Å². The van der Waals surface area contributed by atoms with Crippen LogP contribution in [-0.4, -0.2) is 43.8 Å². The van der Waals surface area contributed by atoms with Crippen LogP contribution < -0.4 is 15.0 Å². The summed E-state index contributed by atoms with van der Waals surface area (Å²) in [6, 6.07) is 10.0. The van der Waals surface area contributed by atoms with E-state index in [1.807, 2.05) is 25.1 Å². The van der Waals surface area contributed by atoms with Gasteiger partial charge in [-0.15, -0.1) is 0 Å². The molecular weight excluding hydrogens is 354 g/mol. The molecule has 0 atom stereocenters. The van der Waals surface area contributed by atoms with Gasteiger partial charge in [0.1, 0.15) is 11.6 Å². The normalized spacial score (nSPS) is 14.2. The zero-order valence-corrected chi connectivity index (χ0v) is 16.9. The van der Waals surface area contributed by atoms with Crippen LogP contribution in [0.5, 0.6) is 5.75 Å². The maximum atomic E-state index is 12.4. The summed E-state index contributed by atoms with van der Waals surface area (Å²) in [5.41, 5.74) is 3.22. The van der Waals surface area contributed by atoms with Gasteiger partial charge in [-0.2, -0.15) is 0 Å².